The Morgan fingerprint density at radius 3 is 2.90 bits per heavy atom. The summed E-state index contributed by atoms with van der Waals surface area (Å²) >= 11 is 1.60. The van der Waals surface area contributed by atoms with Crippen LogP contribution in [-0.4, -0.2) is 40.3 Å². The predicted molar refractivity (Wildman–Crippen MR) is 78.6 cm³/mol. The second kappa shape index (κ2) is 5.91. The van der Waals surface area contributed by atoms with E-state index in [0.717, 1.165) is 5.01 Å². The normalized spacial score (nSPS) is 25.2. The largest absolute Gasteiger partial charge is 0.342 e. The first-order valence-electron chi connectivity index (χ1n) is 6.96. The van der Waals surface area contributed by atoms with Gasteiger partial charge in [0.05, 0.1) is 5.01 Å². The number of nitrogens with one attached hydrogen (secondary N) is 1. The van der Waals surface area contributed by atoms with Gasteiger partial charge in [-0.05, 0) is 13.3 Å². The van der Waals surface area contributed by atoms with E-state index in [1.807, 2.05) is 12.3 Å². The molecule has 1 aliphatic rings. The minimum atomic E-state index is -0.782. The third kappa shape index (κ3) is 3.00. The number of carbonyl (C=O) groups excluding carboxylic acids is 2. The van der Waals surface area contributed by atoms with Crippen LogP contribution >= 0.6 is 11.3 Å². The van der Waals surface area contributed by atoms with Gasteiger partial charge in [0, 0.05) is 37.0 Å². The maximum absolute atomic E-state index is 12.6. The van der Waals surface area contributed by atoms with Crippen LogP contribution in [0.5, 0.6) is 0 Å². The fourth-order valence-corrected chi connectivity index (χ4v) is 3.10. The van der Waals surface area contributed by atoms with Crippen LogP contribution in [0.2, 0.25) is 0 Å². The van der Waals surface area contributed by atoms with E-state index in [1.165, 1.54) is 0 Å². The van der Waals surface area contributed by atoms with Crippen molar-refractivity contribution in [2.75, 3.05) is 13.1 Å². The van der Waals surface area contributed by atoms with Crippen molar-refractivity contribution in [3.63, 3.8) is 0 Å². The molecule has 1 aromatic rings. The number of thiazole rings is 1. The van der Waals surface area contributed by atoms with Crippen LogP contribution in [0.3, 0.4) is 0 Å². The van der Waals surface area contributed by atoms with E-state index < -0.39 is 5.54 Å². The van der Waals surface area contributed by atoms with Gasteiger partial charge in [-0.3, -0.25) is 9.59 Å². The summed E-state index contributed by atoms with van der Waals surface area (Å²) in [4.78, 5) is 30.5. The van der Waals surface area contributed by atoms with Crippen molar-refractivity contribution >= 4 is 23.2 Å². The molecule has 6 heteroatoms. The molecule has 0 saturated carbocycles. The quantitative estimate of drug-likeness (QED) is 0.920. The summed E-state index contributed by atoms with van der Waals surface area (Å²) in [6, 6.07) is 0. The zero-order valence-corrected chi connectivity index (χ0v) is 13.0. The third-order valence-electron chi connectivity index (χ3n) is 3.86. The average molecular weight is 295 g/mol. The van der Waals surface area contributed by atoms with Crippen LogP contribution in [0.15, 0.2) is 11.6 Å². The first kappa shape index (κ1) is 15.0. The molecule has 1 saturated heterocycles. The zero-order chi connectivity index (χ0) is 14.8. The van der Waals surface area contributed by atoms with Gasteiger partial charge in [0.1, 0.15) is 5.54 Å². The van der Waals surface area contributed by atoms with Crippen LogP contribution in [0.25, 0.3) is 0 Å². The smallest absolute Gasteiger partial charge is 0.248 e. The first-order valence-corrected chi connectivity index (χ1v) is 7.84. The van der Waals surface area contributed by atoms with Gasteiger partial charge in [0.15, 0.2) is 0 Å². The highest BCUT2D eigenvalue weighted by molar-refractivity contribution is 7.09. The molecule has 110 valence electrons. The summed E-state index contributed by atoms with van der Waals surface area (Å²) in [5.74, 6) is 0.148. The van der Waals surface area contributed by atoms with E-state index in [2.05, 4.69) is 17.2 Å². The van der Waals surface area contributed by atoms with Gasteiger partial charge in [0.25, 0.3) is 0 Å². The van der Waals surface area contributed by atoms with Crippen molar-refractivity contribution in [3.05, 3.63) is 16.6 Å². The molecule has 0 bridgehead atoms. The first-order chi connectivity index (χ1) is 9.46. The van der Waals surface area contributed by atoms with Gasteiger partial charge in [-0.25, -0.2) is 4.98 Å². The lowest BCUT2D eigenvalue weighted by molar-refractivity contribution is -0.138. The molecule has 20 heavy (non-hydrogen) atoms. The number of hydrogen-bond acceptors (Lipinski definition) is 4. The SMILES string of the molecule is CCC1(C)NC(=O)CCN(CC(C)c2nccs2)C1=O. The third-order valence-corrected chi connectivity index (χ3v) is 4.86. The molecular formula is C14H21N3O2S. The Labute approximate surface area is 123 Å². The summed E-state index contributed by atoms with van der Waals surface area (Å²) in [7, 11) is 0. The predicted octanol–water partition coefficient (Wildman–Crippen LogP) is 1.76. The van der Waals surface area contributed by atoms with E-state index in [-0.39, 0.29) is 17.7 Å². The van der Waals surface area contributed by atoms with Crippen molar-refractivity contribution in [2.45, 2.75) is 45.1 Å². The lowest BCUT2D eigenvalue weighted by Crippen LogP contribution is -2.55. The molecule has 2 unspecified atom stereocenters. The van der Waals surface area contributed by atoms with Gasteiger partial charge >= 0.3 is 0 Å². The van der Waals surface area contributed by atoms with Crippen molar-refractivity contribution in [1.82, 2.24) is 15.2 Å². The van der Waals surface area contributed by atoms with Crippen LogP contribution in [0.4, 0.5) is 0 Å². The number of amides is 2. The highest BCUT2D eigenvalue weighted by Crippen LogP contribution is 2.23. The molecule has 1 fully saturated rings. The Morgan fingerprint density at radius 1 is 1.55 bits per heavy atom. The zero-order valence-electron chi connectivity index (χ0n) is 12.2. The highest BCUT2D eigenvalue weighted by Gasteiger charge is 2.39. The van der Waals surface area contributed by atoms with Crippen LogP contribution in [0.1, 0.15) is 44.5 Å². The molecule has 1 N–H and O–H groups in total. The number of hydrogen-bond donors (Lipinski definition) is 1. The van der Waals surface area contributed by atoms with E-state index >= 15 is 0 Å². The summed E-state index contributed by atoms with van der Waals surface area (Å²) in [5, 5.41) is 5.82. The Hall–Kier alpha value is -1.43. The van der Waals surface area contributed by atoms with E-state index in [0.29, 0.717) is 25.9 Å². The fourth-order valence-electron chi connectivity index (χ4n) is 2.41. The summed E-state index contributed by atoms with van der Waals surface area (Å²) in [5.41, 5.74) is -0.782. The molecule has 5 nitrogen and oxygen atoms in total. The van der Waals surface area contributed by atoms with Crippen LogP contribution in [0, 0.1) is 0 Å². The molecule has 0 aliphatic carbocycles. The Bertz CT molecular complexity index is 489. The summed E-state index contributed by atoms with van der Waals surface area (Å²) in [6.07, 6.45) is 2.74. The molecule has 2 rings (SSSR count). The molecule has 2 heterocycles. The number of rotatable bonds is 4. The van der Waals surface area contributed by atoms with Crippen molar-refractivity contribution in [1.29, 1.82) is 0 Å². The molecule has 0 aromatic carbocycles. The molecule has 0 radical (unpaired) electrons. The molecule has 1 aliphatic heterocycles. The van der Waals surface area contributed by atoms with Gasteiger partial charge in [0.2, 0.25) is 11.8 Å². The van der Waals surface area contributed by atoms with Crippen molar-refractivity contribution in [3.8, 4) is 0 Å². The maximum atomic E-state index is 12.6. The van der Waals surface area contributed by atoms with E-state index in [4.69, 9.17) is 0 Å². The van der Waals surface area contributed by atoms with Gasteiger partial charge in [-0.15, -0.1) is 11.3 Å². The number of aromatic nitrogens is 1. The molecular weight excluding hydrogens is 274 g/mol. The standard InChI is InChI=1S/C14H21N3O2S/c1-4-14(3)13(19)17(7-5-11(18)16-14)9-10(2)12-15-6-8-20-12/h6,8,10H,4-5,7,9H2,1-3H3,(H,16,18). The topological polar surface area (TPSA) is 62.3 Å². The minimum Gasteiger partial charge on any atom is -0.342 e. The molecule has 2 atom stereocenters. The minimum absolute atomic E-state index is 0.00857. The number of nitrogens with zero attached hydrogens (tertiary/aromatic N) is 2. The fraction of sp³-hybridized carbons (Fsp3) is 0.643. The molecule has 0 spiro atoms. The lowest BCUT2D eigenvalue weighted by Gasteiger charge is -2.32. The van der Waals surface area contributed by atoms with Crippen LogP contribution < -0.4 is 5.32 Å². The Balaban J connectivity index is 2.13. The summed E-state index contributed by atoms with van der Waals surface area (Å²) in [6.45, 7) is 6.88. The van der Waals surface area contributed by atoms with E-state index in [1.54, 1.807) is 29.4 Å². The number of carbonyl (C=O) groups is 2. The van der Waals surface area contributed by atoms with Gasteiger partial charge < -0.3 is 10.2 Å². The molecule has 1 aromatic heterocycles. The van der Waals surface area contributed by atoms with Crippen molar-refractivity contribution < 1.29 is 9.59 Å². The van der Waals surface area contributed by atoms with Gasteiger partial charge in [-0.1, -0.05) is 13.8 Å². The molecule has 2 amide bonds. The lowest BCUT2D eigenvalue weighted by atomic mass is 9.97. The van der Waals surface area contributed by atoms with Crippen LogP contribution in [-0.2, 0) is 9.59 Å². The second-order valence-electron chi connectivity index (χ2n) is 5.51. The van der Waals surface area contributed by atoms with Crippen molar-refractivity contribution in [2.24, 2.45) is 0 Å². The maximum Gasteiger partial charge on any atom is 0.248 e. The average Bonchev–Trinajstić information content (AvgIpc) is 2.93. The Morgan fingerprint density at radius 2 is 2.30 bits per heavy atom. The second-order valence-corrected chi connectivity index (χ2v) is 6.43. The highest BCUT2D eigenvalue weighted by atomic mass is 32.1. The Kier molecular flexibility index (Phi) is 4.42. The van der Waals surface area contributed by atoms with E-state index in [9.17, 15) is 9.59 Å². The summed E-state index contributed by atoms with van der Waals surface area (Å²) < 4.78 is 0. The van der Waals surface area contributed by atoms with Gasteiger partial charge in [-0.2, -0.15) is 0 Å². The monoisotopic (exact) mass is 295 g/mol.